The molecule has 47 heavy (non-hydrogen) atoms. The van der Waals surface area contributed by atoms with Gasteiger partial charge in [-0.2, -0.15) is 9.97 Å². The monoisotopic (exact) mass is 647 g/mol. The standard InChI is InChI=1S/C35H36F3N5O4/c1-3-24-26(37)9-8-20-13-23(47-19-44-2)14-25(27(20)24)30-29(38)31-28-32(43-12-5-4-7-22(43)17-45-33(28)39-30)41-34(40-31)46-18-35-10-6-11-42(35)16-21(36)15-35/h3,8-9,13-14,21-22H,1,4-7,10-12,15-19H2,2H3/t21-,22+,35+/m1/s1. The van der Waals surface area contributed by atoms with E-state index in [9.17, 15) is 4.39 Å². The lowest BCUT2D eigenvalue weighted by Crippen LogP contribution is -2.44. The Morgan fingerprint density at radius 2 is 1.98 bits per heavy atom. The van der Waals surface area contributed by atoms with E-state index in [2.05, 4.69) is 21.4 Å². The third-order valence-electron chi connectivity index (χ3n) is 10.1. The minimum absolute atomic E-state index is 0.00882. The molecule has 0 bridgehead atoms. The van der Waals surface area contributed by atoms with Gasteiger partial charge in [-0.25, -0.2) is 18.2 Å². The molecule has 0 N–H and O–H groups in total. The summed E-state index contributed by atoms with van der Waals surface area (Å²) in [6, 6.07) is 6.31. The molecule has 2 aromatic heterocycles. The molecule has 4 aliphatic heterocycles. The zero-order valence-corrected chi connectivity index (χ0v) is 26.2. The van der Waals surface area contributed by atoms with Crippen molar-refractivity contribution in [3.63, 3.8) is 0 Å². The summed E-state index contributed by atoms with van der Waals surface area (Å²) in [5.74, 6) is -0.148. The van der Waals surface area contributed by atoms with Gasteiger partial charge in [-0.05, 0) is 62.2 Å². The van der Waals surface area contributed by atoms with E-state index in [-0.39, 0.29) is 53.7 Å². The second-order valence-electron chi connectivity index (χ2n) is 12.9. The number of pyridine rings is 1. The quantitative estimate of drug-likeness (QED) is 0.200. The molecule has 4 aliphatic rings. The molecule has 0 spiro atoms. The number of hydrogen-bond donors (Lipinski definition) is 0. The van der Waals surface area contributed by atoms with Crippen molar-refractivity contribution in [2.24, 2.45) is 0 Å². The Morgan fingerprint density at radius 1 is 1.09 bits per heavy atom. The minimum atomic E-state index is -0.912. The molecule has 3 atom stereocenters. The summed E-state index contributed by atoms with van der Waals surface area (Å²) in [5, 5.41) is 1.38. The van der Waals surface area contributed by atoms with Crippen LogP contribution in [0, 0.1) is 11.6 Å². The molecule has 0 saturated carbocycles. The number of benzene rings is 2. The Morgan fingerprint density at radius 3 is 2.83 bits per heavy atom. The van der Waals surface area contributed by atoms with Crippen molar-refractivity contribution in [2.75, 3.05) is 51.7 Å². The molecule has 0 unspecified atom stereocenters. The Bertz CT molecular complexity index is 1890. The Hall–Kier alpha value is -4.16. The lowest BCUT2D eigenvalue weighted by atomic mass is 9.95. The van der Waals surface area contributed by atoms with Gasteiger partial charge in [-0.1, -0.05) is 18.7 Å². The largest absolute Gasteiger partial charge is 0.475 e. The van der Waals surface area contributed by atoms with Crippen molar-refractivity contribution in [2.45, 2.75) is 56.3 Å². The highest BCUT2D eigenvalue weighted by Gasteiger charge is 2.49. The fraction of sp³-hybridized carbons (Fsp3) is 0.457. The van der Waals surface area contributed by atoms with E-state index < -0.39 is 23.3 Å². The molecule has 3 saturated heterocycles. The van der Waals surface area contributed by atoms with Gasteiger partial charge in [0.1, 0.15) is 53.4 Å². The molecular formula is C35H36F3N5O4. The van der Waals surface area contributed by atoms with Crippen LogP contribution in [0.3, 0.4) is 0 Å². The number of halogens is 3. The van der Waals surface area contributed by atoms with Crippen LogP contribution in [-0.2, 0) is 4.74 Å². The van der Waals surface area contributed by atoms with E-state index in [1.807, 2.05) is 0 Å². The Labute approximate surface area is 270 Å². The molecule has 3 fully saturated rings. The van der Waals surface area contributed by atoms with Gasteiger partial charge in [-0.15, -0.1) is 0 Å². The highest BCUT2D eigenvalue weighted by atomic mass is 19.1. The van der Waals surface area contributed by atoms with Crippen LogP contribution >= 0.6 is 0 Å². The van der Waals surface area contributed by atoms with E-state index in [0.717, 1.165) is 45.2 Å². The van der Waals surface area contributed by atoms with Gasteiger partial charge in [0, 0.05) is 43.1 Å². The highest BCUT2D eigenvalue weighted by Crippen LogP contribution is 2.45. The van der Waals surface area contributed by atoms with Crippen molar-refractivity contribution in [3.8, 4) is 28.9 Å². The smallest absolute Gasteiger partial charge is 0.319 e. The van der Waals surface area contributed by atoms with Gasteiger partial charge in [0.05, 0.1) is 11.6 Å². The molecule has 0 amide bonds. The number of anilines is 1. The third kappa shape index (κ3) is 5.04. The third-order valence-corrected chi connectivity index (χ3v) is 10.1. The summed E-state index contributed by atoms with van der Waals surface area (Å²) in [4.78, 5) is 18.5. The number of nitrogens with zero attached hydrogens (tertiary/aromatic N) is 5. The highest BCUT2D eigenvalue weighted by molar-refractivity contribution is 6.05. The van der Waals surface area contributed by atoms with Crippen molar-refractivity contribution < 1.29 is 32.1 Å². The molecule has 0 radical (unpaired) electrons. The van der Waals surface area contributed by atoms with Gasteiger partial charge >= 0.3 is 6.01 Å². The lowest BCUT2D eigenvalue weighted by molar-refractivity contribution is 0.0512. The summed E-state index contributed by atoms with van der Waals surface area (Å²) in [7, 11) is 1.50. The number of ether oxygens (including phenoxy) is 4. The lowest BCUT2D eigenvalue weighted by Gasteiger charge is -2.35. The van der Waals surface area contributed by atoms with Crippen LogP contribution in [0.5, 0.6) is 17.6 Å². The average Bonchev–Trinajstić information content (AvgIpc) is 3.56. The first-order valence-corrected chi connectivity index (χ1v) is 16.2. The maximum absolute atomic E-state index is 17.1. The van der Waals surface area contributed by atoms with Gasteiger partial charge in [0.15, 0.2) is 12.6 Å². The summed E-state index contributed by atoms with van der Waals surface area (Å²) in [6.07, 6.45) is 5.53. The average molecular weight is 648 g/mol. The fourth-order valence-corrected chi connectivity index (χ4v) is 7.97. The van der Waals surface area contributed by atoms with E-state index in [1.54, 1.807) is 18.2 Å². The van der Waals surface area contributed by atoms with Crippen molar-refractivity contribution in [1.29, 1.82) is 0 Å². The van der Waals surface area contributed by atoms with Crippen LogP contribution in [0.1, 0.15) is 44.1 Å². The summed E-state index contributed by atoms with van der Waals surface area (Å²) >= 11 is 0. The second kappa shape index (κ2) is 11.8. The van der Waals surface area contributed by atoms with Crippen LogP contribution in [0.25, 0.3) is 39.0 Å². The van der Waals surface area contributed by atoms with Crippen molar-refractivity contribution in [1.82, 2.24) is 19.9 Å². The molecule has 2 aromatic carbocycles. The number of piperidine rings is 1. The molecule has 8 rings (SSSR count). The number of hydrogen-bond acceptors (Lipinski definition) is 9. The molecule has 6 heterocycles. The zero-order chi connectivity index (χ0) is 32.3. The van der Waals surface area contributed by atoms with Gasteiger partial charge in [0.2, 0.25) is 5.88 Å². The molecule has 4 aromatic rings. The van der Waals surface area contributed by atoms with E-state index >= 15 is 8.78 Å². The van der Waals surface area contributed by atoms with E-state index in [1.165, 1.54) is 19.3 Å². The first kappa shape index (κ1) is 30.2. The molecule has 246 valence electrons. The maximum Gasteiger partial charge on any atom is 0.319 e. The Kier molecular flexibility index (Phi) is 7.59. The number of aromatic nitrogens is 3. The first-order valence-electron chi connectivity index (χ1n) is 16.2. The molecular weight excluding hydrogens is 611 g/mol. The zero-order valence-electron chi connectivity index (χ0n) is 26.2. The summed E-state index contributed by atoms with van der Waals surface area (Å²) in [6.45, 7) is 6.25. The van der Waals surface area contributed by atoms with E-state index in [0.29, 0.717) is 47.3 Å². The molecule has 0 aliphatic carbocycles. The van der Waals surface area contributed by atoms with Crippen molar-refractivity contribution >= 4 is 33.6 Å². The predicted octanol–water partition coefficient (Wildman–Crippen LogP) is 6.46. The van der Waals surface area contributed by atoms with Crippen LogP contribution in [0.2, 0.25) is 0 Å². The number of alkyl halides is 1. The second-order valence-corrected chi connectivity index (χ2v) is 12.9. The van der Waals surface area contributed by atoms with Crippen LogP contribution < -0.4 is 19.1 Å². The molecule has 12 heteroatoms. The van der Waals surface area contributed by atoms with Crippen LogP contribution in [0.4, 0.5) is 19.0 Å². The van der Waals surface area contributed by atoms with E-state index in [4.69, 9.17) is 28.9 Å². The molecule has 9 nitrogen and oxygen atoms in total. The topological polar surface area (TPSA) is 82.1 Å². The SMILES string of the molecule is C=Cc1c(F)ccc2cc(OCOC)cc(-c3nc4c5c(nc(OC[C@@]67CCCN6C[C@H](F)C7)nc5c3F)N3CCCC[C@H]3CO4)c12. The maximum atomic E-state index is 17.1. The minimum Gasteiger partial charge on any atom is -0.475 e. The van der Waals surface area contributed by atoms with Crippen LogP contribution in [0.15, 0.2) is 30.8 Å². The summed E-state index contributed by atoms with van der Waals surface area (Å²) < 4.78 is 70.3. The van der Waals surface area contributed by atoms with Gasteiger partial charge < -0.3 is 23.8 Å². The first-order chi connectivity index (χ1) is 22.9. The summed E-state index contributed by atoms with van der Waals surface area (Å²) in [5.41, 5.74) is -0.0349. The Balaban J connectivity index is 1.33. The van der Waals surface area contributed by atoms with Gasteiger partial charge in [0.25, 0.3) is 0 Å². The normalized spacial score (nSPS) is 23.8. The van der Waals surface area contributed by atoms with Crippen LogP contribution in [-0.4, -0.2) is 84.4 Å². The van der Waals surface area contributed by atoms with Crippen molar-refractivity contribution in [3.05, 3.63) is 48.0 Å². The predicted molar refractivity (Wildman–Crippen MR) is 172 cm³/mol. The number of methoxy groups -OCH3 is 1. The van der Waals surface area contributed by atoms with Gasteiger partial charge in [-0.3, -0.25) is 4.90 Å². The number of fused-ring (bicyclic) bond motifs is 4. The fourth-order valence-electron chi connectivity index (χ4n) is 7.97. The number of rotatable bonds is 8.